The lowest BCUT2D eigenvalue weighted by Gasteiger charge is -2.07. The van der Waals surface area contributed by atoms with Crippen molar-refractivity contribution in [1.82, 2.24) is 30.3 Å². The van der Waals surface area contributed by atoms with Crippen LogP contribution in [-0.2, 0) is 6.18 Å². The van der Waals surface area contributed by atoms with E-state index in [0.29, 0.717) is 15.9 Å². The molecule has 27 heavy (non-hydrogen) atoms. The van der Waals surface area contributed by atoms with Gasteiger partial charge in [-0.15, -0.1) is 10.2 Å². The highest BCUT2D eigenvalue weighted by Crippen LogP contribution is 2.30. The fraction of sp³-hybridized carbons (Fsp3) is 0.133. The molecule has 0 amide bonds. The van der Waals surface area contributed by atoms with Crippen LogP contribution >= 0.6 is 0 Å². The number of nitrogens with zero attached hydrogens (tertiary/aromatic N) is 6. The normalized spacial score (nSPS) is 11.9. The second-order valence-electron chi connectivity index (χ2n) is 5.55. The van der Waals surface area contributed by atoms with Crippen LogP contribution in [0.15, 0.2) is 36.4 Å². The molecule has 0 aliphatic heterocycles. The number of hydrogen-bond donors (Lipinski definition) is 0. The molecule has 0 saturated carbocycles. The van der Waals surface area contributed by atoms with Crippen molar-refractivity contribution >= 4 is 28.2 Å². The van der Waals surface area contributed by atoms with Gasteiger partial charge in [0.1, 0.15) is 22.1 Å². The summed E-state index contributed by atoms with van der Waals surface area (Å²) in [4.78, 5) is 23.1. The zero-order valence-corrected chi connectivity index (χ0v) is 13.5. The fourth-order valence-corrected chi connectivity index (χ4v) is 2.38. The SMILES string of the molecule is Cc1ccc2nnn(OC(=O)On3nnc4ccc(C(F)(F)F)cc43)c2c1. The van der Waals surface area contributed by atoms with Crippen molar-refractivity contribution in [2.24, 2.45) is 0 Å². The van der Waals surface area contributed by atoms with Gasteiger partial charge in [-0.1, -0.05) is 15.8 Å². The lowest BCUT2D eigenvalue weighted by atomic mass is 10.2. The summed E-state index contributed by atoms with van der Waals surface area (Å²) in [7, 11) is 0. The van der Waals surface area contributed by atoms with Gasteiger partial charge in [-0.2, -0.15) is 18.0 Å². The van der Waals surface area contributed by atoms with Crippen LogP contribution in [0, 0.1) is 6.92 Å². The van der Waals surface area contributed by atoms with Crippen molar-refractivity contribution in [3.05, 3.63) is 47.5 Å². The van der Waals surface area contributed by atoms with Gasteiger partial charge in [0.05, 0.1) is 5.56 Å². The molecule has 0 spiro atoms. The van der Waals surface area contributed by atoms with Crippen molar-refractivity contribution in [2.45, 2.75) is 13.1 Å². The minimum Gasteiger partial charge on any atom is -0.280 e. The molecule has 0 aliphatic rings. The van der Waals surface area contributed by atoms with E-state index in [0.717, 1.165) is 28.6 Å². The first-order chi connectivity index (χ1) is 12.8. The van der Waals surface area contributed by atoms with Crippen molar-refractivity contribution in [3.63, 3.8) is 0 Å². The van der Waals surface area contributed by atoms with Crippen LogP contribution < -0.4 is 9.68 Å². The Morgan fingerprint density at radius 1 is 0.926 bits per heavy atom. The monoisotopic (exact) mass is 378 g/mol. The predicted octanol–water partition coefficient (Wildman–Crippen LogP) is 2.18. The number of carbonyl (C=O) groups is 1. The van der Waals surface area contributed by atoms with E-state index in [4.69, 9.17) is 9.68 Å². The van der Waals surface area contributed by atoms with Crippen LogP contribution in [0.5, 0.6) is 0 Å². The molecule has 4 aromatic rings. The number of aryl methyl sites for hydroxylation is 1. The molecule has 2 heterocycles. The second kappa shape index (κ2) is 5.93. The highest BCUT2D eigenvalue weighted by atomic mass is 19.4. The summed E-state index contributed by atoms with van der Waals surface area (Å²) in [6, 6.07) is 7.90. The van der Waals surface area contributed by atoms with Crippen molar-refractivity contribution in [2.75, 3.05) is 0 Å². The van der Waals surface area contributed by atoms with Gasteiger partial charge in [-0.25, -0.2) is 0 Å². The quantitative estimate of drug-likeness (QED) is 0.493. The highest BCUT2D eigenvalue weighted by Gasteiger charge is 2.31. The average molecular weight is 378 g/mol. The predicted molar refractivity (Wildman–Crippen MR) is 83.4 cm³/mol. The molecule has 4 rings (SSSR count). The summed E-state index contributed by atoms with van der Waals surface area (Å²) in [6.07, 6.45) is -5.85. The van der Waals surface area contributed by atoms with E-state index in [9.17, 15) is 18.0 Å². The van der Waals surface area contributed by atoms with Gasteiger partial charge in [0.25, 0.3) is 0 Å². The fourth-order valence-electron chi connectivity index (χ4n) is 2.38. The largest absolute Gasteiger partial charge is 0.562 e. The minimum absolute atomic E-state index is 0.109. The molecule has 2 aromatic heterocycles. The van der Waals surface area contributed by atoms with E-state index in [1.165, 1.54) is 0 Å². The van der Waals surface area contributed by atoms with Crippen molar-refractivity contribution < 1.29 is 27.6 Å². The van der Waals surface area contributed by atoms with Gasteiger partial charge in [0.15, 0.2) is 0 Å². The molecule has 0 N–H and O–H groups in total. The zero-order valence-electron chi connectivity index (χ0n) is 13.5. The third-order valence-electron chi connectivity index (χ3n) is 3.64. The maximum Gasteiger partial charge on any atom is 0.562 e. The number of benzene rings is 2. The van der Waals surface area contributed by atoms with Crippen LogP contribution in [0.25, 0.3) is 22.1 Å². The minimum atomic E-state index is -4.57. The Morgan fingerprint density at radius 2 is 1.48 bits per heavy atom. The average Bonchev–Trinajstić information content (AvgIpc) is 3.18. The van der Waals surface area contributed by atoms with Crippen LogP contribution in [-0.4, -0.2) is 36.5 Å². The van der Waals surface area contributed by atoms with E-state index in [1.54, 1.807) is 18.2 Å². The summed E-state index contributed by atoms with van der Waals surface area (Å²) in [5, 5.41) is 14.6. The molecule has 0 aliphatic carbocycles. The molecule has 0 radical (unpaired) electrons. The Kier molecular flexibility index (Phi) is 3.68. The molecular formula is C15H9F3N6O3. The number of aromatic nitrogens is 6. The Hall–Kier alpha value is -3.70. The summed E-state index contributed by atoms with van der Waals surface area (Å²) in [5.41, 5.74) is 0.793. The number of rotatable bonds is 2. The van der Waals surface area contributed by atoms with E-state index < -0.39 is 17.9 Å². The van der Waals surface area contributed by atoms with Crippen LogP contribution in [0.4, 0.5) is 18.0 Å². The van der Waals surface area contributed by atoms with Gasteiger partial charge in [0, 0.05) is 0 Å². The van der Waals surface area contributed by atoms with Crippen molar-refractivity contribution in [3.8, 4) is 0 Å². The molecule has 9 nitrogen and oxygen atoms in total. The van der Waals surface area contributed by atoms with E-state index in [-0.39, 0.29) is 11.0 Å². The first-order valence-electron chi connectivity index (χ1n) is 7.46. The Bertz CT molecular complexity index is 1170. The molecule has 0 atom stereocenters. The topological polar surface area (TPSA) is 96.9 Å². The molecular weight excluding hydrogens is 369 g/mol. The smallest absolute Gasteiger partial charge is 0.280 e. The molecule has 12 heteroatoms. The number of hydrogen-bond acceptors (Lipinski definition) is 7. The third-order valence-corrected chi connectivity index (χ3v) is 3.64. The highest BCUT2D eigenvalue weighted by molar-refractivity contribution is 5.77. The molecule has 0 fully saturated rings. The third kappa shape index (κ3) is 3.12. The summed E-state index contributed by atoms with van der Waals surface area (Å²) < 4.78 is 38.5. The Morgan fingerprint density at radius 3 is 2.07 bits per heavy atom. The maximum atomic E-state index is 12.8. The van der Waals surface area contributed by atoms with Gasteiger partial charge < -0.3 is 0 Å². The van der Waals surface area contributed by atoms with Crippen LogP contribution in [0.3, 0.4) is 0 Å². The van der Waals surface area contributed by atoms with Gasteiger partial charge in [-0.05, 0) is 53.2 Å². The Balaban J connectivity index is 1.60. The maximum absolute atomic E-state index is 12.8. The second-order valence-corrected chi connectivity index (χ2v) is 5.55. The number of halogens is 3. The first-order valence-corrected chi connectivity index (χ1v) is 7.46. The van der Waals surface area contributed by atoms with Gasteiger partial charge in [0.2, 0.25) is 0 Å². The Labute approximate surface area is 147 Å². The molecule has 0 saturated heterocycles. The molecule has 0 unspecified atom stereocenters. The van der Waals surface area contributed by atoms with Crippen LogP contribution in [0.1, 0.15) is 11.1 Å². The van der Waals surface area contributed by atoms with Crippen LogP contribution in [0.2, 0.25) is 0 Å². The number of alkyl halides is 3. The number of carbonyl (C=O) groups excluding carboxylic acids is 1. The van der Waals surface area contributed by atoms with E-state index in [2.05, 4.69) is 20.6 Å². The first kappa shape index (κ1) is 16.8. The molecule has 0 bridgehead atoms. The van der Waals surface area contributed by atoms with Gasteiger partial charge >= 0.3 is 12.3 Å². The molecule has 2 aromatic carbocycles. The lowest BCUT2D eigenvalue weighted by molar-refractivity contribution is -0.137. The van der Waals surface area contributed by atoms with E-state index >= 15 is 0 Å². The summed E-state index contributed by atoms with van der Waals surface area (Å²) in [6.45, 7) is 1.83. The number of fused-ring (bicyclic) bond motifs is 2. The summed E-state index contributed by atoms with van der Waals surface area (Å²) in [5.74, 6) is 0. The van der Waals surface area contributed by atoms with Crippen molar-refractivity contribution in [1.29, 1.82) is 0 Å². The molecule has 138 valence electrons. The summed E-state index contributed by atoms with van der Waals surface area (Å²) >= 11 is 0. The lowest BCUT2D eigenvalue weighted by Crippen LogP contribution is -2.30. The standard InChI is InChI=1S/C15H9F3N6O3/c1-8-2-4-10-12(6-8)23(21-19-10)26-14(25)27-24-13-7-9(15(16,17)18)3-5-11(13)20-22-24/h2-7H,1H3. The van der Waals surface area contributed by atoms with E-state index in [1.807, 2.05) is 6.92 Å². The van der Waals surface area contributed by atoms with Gasteiger partial charge in [-0.3, -0.25) is 9.68 Å². The zero-order chi connectivity index (χ0) is 19.2.